The van der Waals surface area contributed by atoms with Gasteiger partial charge in [0.15, 0.2) is 0 Å². The van der Waals surface area contributed by atoms with E-state index in [-0.39, 0.29) is 0 Å². The minimum atomic E-state index is 0.612. The first kappa shape index (κ1) is 12.1. The Morgan fingerprint density at radius 2 is 2.12 bits per heavy atom. The van der Waals surface area contributed by atoms with E-state index >= 15 is 0 Å². The summed E-state index contributed by atoms with van der Waals surface area (Å²) in [6, 6.07) is 1.83. The summed E-state index contributed by atoms with van der Waals surface area (Å²) < 4.78 is 5.11. The molecule has 0 radical (unpaired) electrons. The maximum atomic E-state index is 5.11. The highest BCUT2D eigenvalue weighted by Gasteiger charge is 2.10. The van der Waals surface area contributed by atoms with Crippen LogP contribution < -0.4 is 10.1 Å². The number of hydrogen-bond acceptors (Lipinski definition) is 5. The van der Waals surface area contributed by atoms with Crippen LogP contribution in [0.3, 0.4) is 0 Å². The lowest BCUT2D eigenvalue weighted by atomic mass is 10.4. The van der Waals surface area contributed by atoms with Gasteiger partial charge < -0.3 is 15.0 Å². The number of aromatic nitrogens is 2. The van der Waals surface area contributed by atoms with E-state index in [0.29, 0.717) is 5.88 Å². The van der Waals surface area contributed by atoms with Crippen molar-refractivity contribution in [3.8, 4) is 5.88 Å². The average molecular weight is 236 g/mol. The summed E-state index contributed by atoms with van der Waals surface area (Å²) in [6.45, 7) is 6.32. The Labute approximate surface area is 102 Å². The molecule has 1 aliphatic rings. The van der Waals surface area contributed by atoms with Crippen molar-refractivity contribution in [3.63, 3.8) is 0 Å². The van der Waals surface area contributed by atoms with Crippen LogP contribution in [0.2, 0.25) is 0 Å². The van der Waals surface area contributed by atoms with Gasteiger partial charge in [0.1, 0.15) is 11.6 Å². The Morgan fingerprint density at radius 1 is 1.35 bits per heavy atom. The van der Waals surface area contributed by atoms with Crippen LogP contribution in [-0.4, -0.2) is 48.2 Å². The normalized spacial score (nSPS) is 16.1. The van der Waals surface area contributed by atoms with Crippen molar-refractivity contribution in [1.29, 1.82) is 0 Å². The maximum Gasteiger partial charge on any atom is 0.218 e. The van der Waals surface area contributed by atoms with Gasteiger partial charge >= 0.3 is 0 Å². The standard InChI is InChI=1S/C12H20N4O/c1-10-14-11(9-12(15-10)17-2)13-5-8-16-6-3-4-7-16/h9H,3-8H2,1-2H3,(H,13,14,15). The lowest BCUT2D eigenvalue weighted by Gasteiger charge is -2.15. The van der Waals surface area contributed by atoms with Crippen LogP contribution in [0.1, 0.15) is 18.7 Å². The summed E-state index contributed by atoms with van der Waals surface area (Å²) in [6.07, 6.45) is 2.67. The second kappa shape index (κ2) is 5.82. The fourth-order valence-electron chi connectivity index (χ4n) is 2.08. The molecule has 0 aliphatic carbocycles. The number of nitrogens with zero attached hydrogens (tertiary/aromatic N) is 3. The number of rotatable bonds is 5. The topological polar surface area (TPSA) is 50.3 Å². The molecule has 1 N–H and O–H groups in total. The van der Waals surface area contributed by atoms with Crippen LogP contribution in [0.15, 0.2) is 6.07 Å². The summed E-state index contributed by atoms with van der Waals surface area (Å²) in [7, 11) is 1.62. The second-order valence-corrected chi connectivity index (χ2v) is 4.32. The van der Waals surface area contributed by atoms with Crippen molar-refractivity contribution in [2.75, 3.05) is 38.6 Å². The molecule has 94 valence electrons. The molecule has 5 nitrogen and oxygen atoms in total. The lowest BCUT2D eigenvalue weighted by Crippen LogP contribution is -2.26. The molecule has 0 aromatic carbocycles. The Morgan fingerprint density at radius 3 is 2.82 bits per heavy atom. The third-order valence-electron chi connectivity index (χ3n) is 2.96. The van der Waals surface area contributed by atoms with Gasteiger partial charge in [-0.15, -0.1) is 0 Å². The second-order valence-electron chi connectivity index (χ2n) is 4.32. The van der Waals surface area contributed by atoms with Crippen molar-refractivity contribution in [3.05, 3.63) is 11.9 Å². The van der Waals surface area contributed by atoms with Gasteiger partial charge in [-0.05, 0) is 32.9 Å². The van der Waals surface area contributed by atoms with E-state index in [1.807, 2.05) is 13.0 Å². The van der Waals surface area contributed by atoms with E-state index in [2.05, 4.69) is 20.2 Å². The van der Waals surface area contributed by atoms with E-state index in [1.54, 1.807) is 7.11 Å². The van der Waals surface area contributed by atoms with Gasteiger partial charge in [0.25, 0.3) is 0 Å². The molecular weight excluding hydrogens is 216 g/mol. The van der Waals surface area contributed by atoms with Gasteiger partial charge in [-0.25, -0.2) is 4.98 Å². The maximum absolute atomic E-state index is 5.11. The van der Waals surface area contributed by atoms with Gasteiger partial charge in [-0.3, -0.25) is 0 Å². The van der Waals surface area contributed by atoms with E-state index < -0.39 is 0 Å². The third-order valence-corrected chi connectivity index (χ3v) is 2.96. The number of hydrogen-bond donors (Lipinski definition) is 1. The van der Waals surface area contributed by atoms with Crippen molar-refractivity contribution in [2.24, 2.45) is 0 Å². The van der Waals surface area contributed by atoms with E-state index in [1.165, 1.54) is 25.9 Å². The molecule has 1 fully saturated rings. The van der Waals surface area contributed by atoms with Gasteiger partial charge in [0.05, 0.1) is 7.11 Å². The fraction of sp³-hybridized carbons (Fsp3) is 0.667. The zero-order chi connectivity index (χ0) is 12.1. The Hall–Kier alpha value is -1.36. The zero-order valence-electron chi connectivity index (χ0n) is 10.6. The van der Waals surface area contributed by atoms with E-state index in [0.717, 1.165) is 24.7 Å². The van der Waals surface area contributed by atoms with Gasteiger partial charge in [-0.1, -0.05) is 0 Å². The molecule has 1 aromatic rings. The smallest absolute Gasteiger partial charge is 0.218 e. The molecule has 1 aliphatic heterocycles. The SMILES string of the molecule is COc1cc(NCCN2CCCC2)nc(C)n1. The molecule has 0 spiro atoms. The van der Waals surface area contributed by atoms with Crippen LogP contribution in [0.4, 0.5) is 5.82 Å². The quantitative estimate of drug-likeness (QED) is 0.835. The molecule has 5 heteroatoms. The number of methoxy groups -OCH3 is 1. The zero-order valence-corrected chi connectivity index (χ0v) is 10.6. The fourth-order valence-corrected chi connectivity index (χ4v) is 2.08. The minimum Gasteiger partial charge on any atom is -0.481 e. The van der Waals surface area contributed by atoms with E-state index in [9.17, 15) is 0 Å². The van der Waals surface area contributed by atoms with Crippen molar-refractivity contribution in [1.82, 2.24) is 14.9 Å². The molecule has 0 amide bonds. The molecule has 0 bridgehead atoms. The van der Waals surface area contributed by atoms with Gasteiger partial charge in [-0.2, -0.15) is 4.98 Å². The lowest BCUT2D eigenvalue weighted by molar-refractivity contribution is 0.352. The van der Waals surface area contributed by atoms with E-state index in [4.69, 9.17) is 4.74 Å². The summed E-state index contributed by atoms with van der Waals surface area (Å²) in [4.78, 5) is 10.9. The summed E-state index contributed by atoms with van der Waals surface area (Å²) >= 11 is 0. The van der Waals surface area contributed by atoms with Crippen LogP contribution in [0.5, 0.6) is 5.88 Å². The first-order valence-corrected chi connectivity index (χ1v) is 6.14. The highest BCUT2D eigenvalue weighted by molar-refractivity contribution is 5.38. The molecule has 1 saturated heterocycles. The average Bonchev–Trinajstić information content (AvgIpc) is 2.81. The molecule has 2 heterocycles. The van der Waals surface area contributed by atoms with Crippen LogP contribution in [-0.2, 0) is 0 Å². The van der Waals surface area contributed by atoms with Crippen molar-refractivity contribution >= 4 is 5.82 Å². The highest BCUT2D eigenvalue weighted by atomic mass is 16.5. The minimum absolute atomic E-state index is 0.612. The number of likely N-dealkylation sites (tertiary alicyclic amines) is 1. The third kappa shape index (κ3) is 3.56. The first-order chi connectivity index (χ1) is 8.28. The largest absolute Gasteiger partial charge is 0.481 e. The predicted octanol–water partition coefficient (Wildman–Crippen LogP) is 1.30. The van der Waals surface area contributed by atoms with Crippen LogP contribution in [0.25, 0.3) is 0 Å². The molecule has 0 saturated carbocycles. The van der Waals surface area contributed by atoms with Crippen LogP contribution >= 0.6 is 0 Å². The summed E-state index contributed by atoms with van der Waals surface area (Å²) in [5.74, 6) is 2.18. The molecule has 1 aromatic heterocycles. The first-order valence-electron chi connectivity index (χ1n) is 6.14. The van der Waals surface area contributed by atoms with Gasteiger partial charge in [0.2, 0.25) is 5.88 Å². The molecular formula is C12H20N4O. The molecule has 17 heavy (non-hydrogen) atoms. The number of ether oxygens (including phenoxy) is 1. The predicted molar refractivity (Wildman–Crippen MR) is 67.5 cm³/mol. The molecule has 2 rings (SSSR count). The monoisotopic (exact) mass is 236 g/mol. The Bertz CT molecular complexity index is 364. The molecule has 0 unspecified atom stereocenters. The van der Waals surface area contributed by atoms with Gasteiger partial charge in [0, 0.05) is 19.2 Å². The highest BCUT2D eigenvalue weighted by Crippen LogP contribution is 2.12. The Balaban J connectivity index is 1.83. The number of aryl methyl sites for hydroxylation is 1. The number of nitrogens with one attached hydrogen (secondary N) is 1. The summed E-state index contributed by atoms with van der Waals surface area (Å²) in [5.41, 5.74) is 0. The van der Waals surface area contributed by atoms with Crippen molar-refractivity contribution in [2.45, 2.75) is 19.8 Å². The summed E-state index contributed by atoms with van der Waals surface area (Å²) in [5, 5.41) is 3.31. The van der Waals surface area contributed by atoms with Crippen LogP contribution in [0, 0.1) is 6.92 Å². The van der Waals surface area contributed by atoms with Crippen molar-refractivity contribution < 1.29 is 4.74 Å². The molecule has 0 atom stereocenters. The Kier molecular flexibility index (Phi) is 4.14. The number of anilines is 1.